The van der Waals surface area contributed by atoms with Gasteiger partial charge in [-0.2, -0.15) is 0 Å². The van der Waals surface area contributed by atoms with Crippen molar-refractivity contribution in [2.75, 3.05) is 0 Å². The lowest BCUT2D eigenvalue weighted by molar-refractivity contribution is -0.384. The summed E-state index contributed by atoms with van der Waals surface area (Å²) in [5, 5.41) is 10.3. The van der Waals surface area contributed by atoms with Crippen LogP contribution < -0.4 is 5.73 Å². The van der Waals surface area contributed by atoms with Gasteiger partial charge in [0.2, 0.25) is 0 Å². The van der Waals surface area contributed by atoms with Gasteiger partial charge in [-0.3, -0.25) is 10.1 Å². The van der Waals surface area contributed by atoms with Gasteiger partial charge in [0.15, 0.2) is 0 Å². The van der Waals surface area contributed by atoms with Crippen LogP contribution in [-0.4, -0.2) is 11.3 Å². The molecule has 0 unspecified atom stereocenters. The molecule has 1 aromatic carbocycles. The molecule has 4 nitrogen and oxygen atoms in total. The topological polar surface area (TPSA) is 69.2 Å². The normalized spacial score (nSPS) is 12.9. The molecule has 0 aliphatic carbocycles. The molecule has 0 heterocycles. The Bertz CT molecular complexity index is 344. The first-order valence-corrected chi connectivity index (χ1v) is 3.80. The van der Waals surface area contributed by atoms with E-state index < -0.39 is 17.4 Å². The molecule has 0 amide bonds. The van der Waals surface area contributed by atoms with Crippen LogP contribution in [0.2, 0.25) is 0 Å². The lowest BCUT2D eigenvalue weighted by Gasteiger charge is -2.09. The average molecular weight is 202 g/mol. The number of nitrogens with two attached hydrogens (primary N) is 1. The average Bonchev–Trinajstić information content (AvgIpc) is 2.16. The summed E-state index contributed by atoms with van der Waals surface area (Å²) in [5.41, 5.74) is 4.96. The van der Waals surface area contributed by atoms with Gasteiger partial charge < -0.3 is 5.73 Å². The number of hydrogen-bond acceptors (Lipinski definition) is 3. The quantitative estimate of drug-likeness (QED) is 0.600. The fourth-order valence-electron chi connectivity index (χ4n) is 0.991. The maximum Gasteiger partial charge on any atom is 0.269 e. The predicted octanol–water partition coefficient (Wildman–Crippen LogP) is 1.86. The minimum Gasteiger partial charge on any atom is -0.319 e. The second kappa shape index (κ2) is 4.10. The molecule has 0 aliphatic rings. The third-order valence-electron chi connectivity index (χ3n) is 1.74. The number of nitro benzene ring substituents is 1. The molecule has 0 bridgehead atoms. The summed E-state index contributed by atoms with van der Waals surface area (Å²) in [6.07, 6.45) is -2.72. The molecular formula is C8H8F2N2O2. The molecule has 0 saturated heterocycles. The number of nitro groups is 1. The lowest BCUT2D eigenvalue weighted by Crippen LogP contribution is -2.18. The van der Waals surface area contributed by atoms with Crippen LogP contribution in [-0.2, 0) is 0 Å². The van der Waals surface area contributed by atoms with Crippen LogP contribution in [0.25, 0.3) is 0 Å². The van der Waals surface area contributed by atoms with Crippen LogP contribution >= 0.6 is 0 Å². The molecule has 0 aliphatic heterocycles. The van der Waals surface area contributed by atoms with Crippen LogP contribution in [0.5, 0.6) is 0 Å². The molecule has 1 aromatic rings. The Morgan fingerprint density at radius 1 is 1.43 bits per heavy atom. The predicted molar refractivity (Wildman–Crippen MR) is 46.0 cm³/mol. The Labute approximate surface area is 78.5 Å². The molecule has 0 aromatic heterocycles. The molecule has 1 rings (SSSR count). The highest BCUT2D eigenvalue weighted by atomic mass is 19.3. The van der Waals surface area contributed by atoms with E-state index >= 15 is 0 Å². The smallest absolute Gasteiger partial charge is 0.269 e. The zero-order chi connectivity index (χ0) is 10.7. The van der Waals surface area contributed by atoms with E-state index in [2.05, 4.69) is 0 Å². The van der Waals surface area contributed by atoms with E-state index in [1.165, 1.54) is 18.2 Å². The molecule has 0 spiro atoms. The molecule has 6 heteroatoms. The van der Waals surface area contributed by atoms with Crippen LogP contribution in [0.3, 0.4) is 0 Å². The highest BCUT2D eigenvalue weighted by molar-refractivity contribution is 5.35. The van der Waals surface area contributed by atoms with Crippen molar-refractivity contribution in [3.63, 3.8) is 0 Å². The van der Waals surface area contributed by atoms with Gasteiger partial charge in [0, 0.05) is 12.1 Å². The SMILES string of the molecule is N[C@H](c1cccc([N+](=O)[O-])c1)C(F)F. The zero-order valence-electron chi connectivity index (χ0n) is 7.06. The minimum absolute atomic E-state index is 0.0641. The number of hydrogen-bond donors (Lipinski definition) is 1. The number of alkyl halides is 2. The van der Waals surface area contributed by atoms with Crippen molar-refractivity contribution in [1.29, 1.82) is 0 Å². The fourth-order valence-corrected chi connectivity index (χ4v) is 0.991. The van der Waals surface area contributed by atoms with Crippen LogP contribution in [0.15, 0.2) is 24.3 Å². The summed E-state index contributed by atoms with van der Waals surface area (Å²) in [7, 11) is 0. The maximum absolute atomic E-state index is 12.2. The minimum atomic E-state index is -2.72. The Hall–Kier alpha value is -1.56. The molecule has 0 radical (unpaired) electrons. The summed E-state index contributed by atoms with van der Waals surface area (Å²) in [6, 6.07) is 3.47. The van der Waals surface area contributed by atoms with Crippen molar-refractivity contribution in [3.8, 4) is 0 Å². The van der Waals surface area contributed by atoms with Crippen molar-refractivity contribution in [2.45, 2.75) is 12.5 Å². The summed E-state index contributed by atoms with van der Waals surface area (Å²) in [4.78, 5) is 9.67. The second-order valence-electron chi connectivity index (χ2n) is 2.71. The van der Waals surface area contributed by atoms with Gasteiger partial charge in [-0.05, 0) is 5.56 Å². The van der Waals surface area contributed by atoms with Gasteiger partial charge >= 0.3 is 0 Å². The van der Waals surface area contributed by atoms with E-state index in [9.17, 15) is 18.9 Å². The Kier molecular flexibility index (Phi) is 3.08. The van der Waals surface area contributed by atoms with Crippen molar-refractivity contribution in [1.82, 2.24) is 0 Å². The van der Waals surface area contributed by atoms with Gasteiger partial charge in [-0.1, -0.05) is 12.1 Å². The van der Waals surface area contributed by atoms with Crippen molar-refractivity contribution in [3.05, 3.63) is 39.9 Å². The van der Waals surface area contributed by atoms with E-state index in [0.29, 0.717) is 0 Å². The molecule has 0 saturated carbocycles. The first-order valence-electron chi connectivity index (χ1n) is 3.80. The lowest BCUT2D eigenvalue weighted by atomic mass is 10.1. The van der Waals surface area contributed by atoms with E-state index in [1.54, 1.807) is 0 Å². The molecule has 14 heavy (non-hydrogen) atoms. The number of non-ortho nitro benzene ring substituents is 1. The van der Waals surface area contributed by atoms with Gasteiger partial charge in [-0.25, -0.2) is 8.78 Å². The van der Waals surface area contributed by atoms with E-state index in [0.717, 1.165) is 6.07 Å². The number of nitrogens with zero attached hydrogens (tertiary/aromatic N) is 1. The zero-order valence-corrected chi connectivity index (χ0v) is 7.06. The van der Waals surface area contributed by atoms with Crippen molar-refractivity contribution in [2.24, 2.45) is 5.73 Å². The highest BCUT2D eigenvalue weighted by Gasteiger charge is 2.19. The van der Waals surface area contributed by atoms with Crippen LogP contribution in [0.1, 0.15) is 11.6 Å². The molecular weight excluding hydrogens is 194 g/mol. The monoisotopic (exact) mass is 202 g/mol. The Morgan fingerprint density at radius 2 is 2.07 bits per heavy atom. The first kappa shape index (κ1) is 10.5. The third kappa shape index (κ3) is 2.23. The maximum atomic E-state index is 12.2. The fraction of sp³-hybridized carbons (Fsp3) is 0.250. The number of halogens is 2. The van der Waals surface area contributed by atoms with Crippen LogP contribution in [0, 0.1) is 10.1 Å². The first-order chi connectivity index (χ1) is 6.52. The largest absolute Gasteiger partial charge is 0.319 e. The molecule has 0 fully saturated rings. The molecule has 2 N–H and O–H groups in total. The van der Waals surface area contributed by atoms with E-state index in [1.807, 2.05) is 0 Å². The van der Waals surface area contributed by atoms with Crippen molar-refractivity contribution < 1.29 is 13.7 Å². The summed E-state index contributed by atoms with van der Waals surface area (Å²) in [5.74, 6) is 0. The summed E-state index contributed by atoms with van der Waals surface area (Å²) in [6.45, 7) is 0. The van der Waals surface area contributed by atoms with Gasteiger partial charge in [0.25, 0.3) is 12.1 Å². The van der Waals surface area contributed by atoms with Gasteiger partial charge in [0.1, 0.15) is 0 Å². The Balaban J connectivity index is 2.99. The third-order valence-corrected chi connectivity index (χ3v) is 1.74. The highest BCUT2D eigenvalue weighted by Crippen LogP contribution is 2.21. The van der Waals surface area contributed by atoms with Gasteiger partial charge in [-0.15, -0.1) is 0 Å². The second-order valence-corrected chi connectivity index (χ2v) is 2.71. The standard InChI is InChI=1S/C8H8F2N2O2/c9-8(10)7(11)5-2-1-3-6(4-5)12(13)14/h1-4,7-8H,11H2/t7-/m1/s1. The summed E-state index contributed by atoms with van der Waals surface area (Å²) < 4.78 is 24.3. The Morgan fingerprint density at radius 3 is 2.57 bits per heavy atom. The molecule has 1 atom stereocenters. The summed E-state index contributed by atoms with van der Waals surface area (Å²) >= 11 is 0. The van der Waals surface area contributed by atoms with E-state index in [-0.39, 0.29) is 11.3 Å². The van der Waals surface area contributed by atoms with Crippen molar-refractivity contribution >= 4 is 5.69 Å². The number of benzene rings is 1. The van der Waals surface area contributed by atoms with Crippen LogP contribution in [0.4, 0.5) is 14.5 Å². The molecule has 76 valence electrons. The van der Waals surface area contributed by atoms with Gasteiger partial charge in [0.05, 0.1) is 11.0 Å². The van der Waals surface area contributed by atoms with E-state index in [4.69, 9.17) is 5.73 Å². The number of rotatable bonds is 3.